The molecule has 3 aromatic rings. The highest BCUT2D eigenvalue weighted by Gasteiger charge is 2.65. The fourth-order valence-corrected chi connectivity index (χ4v) is 4.47. The van der Waals surface area contributed by atoms with E-state index in [-0.39, 0.29) is 34.0 Å². The van der Waals surface area contributed by atoms with Crippen molar-refractivity contribution in [2.75, 3.05) is 14.2 Å². The number of nitrogens with one attached hydrogen (secondary N) is 1. The van der Waals surface area contributed by atoms with E-state index in [4.69, 9.17) is 19.9 Å². The quantitative estimate of drug-likeness (QED) is 0.509. The summed E-state index contributed by atoms with van der Waals surface area (Å²) < 4.78 is 86.5. The minimum Gasteiger partial charge on any atom is -0.493 e. The average Bonchev–Trinajstić information content (AvgIpc) is 3.34. The van der Waals surface area contributed by atoms with E-state index in [1.807, 2.05) is 0 Å². The summed E-state index contributed by atoms with van der Waals surface area (Å²) in [7, 11) is 2.39. The first-order chi connectivity index (χ1) is 16.3. The molecule has 1 aromatic carbocycles. The molecule has 1 saturated heterocycles. The Hall–Kier alpha value is -3.48. The van der Waals surface area contributed by atoms with Crippen molar-refractivity contribution in [3.8, 4) is 11.6 Å². The van der Waals surface area contributed by atoms with Gasteiger partial charge in [-0.1, -0.05) is 13.0 Å². The number of nitrogens with zero attached hydrogens (tertiary/aromatic N) is 2. The zero-order valence-electron chi connectivity index (χ0n) is 19.0. The second-order valence-electron chi connectivity index (χ2n) is 8.34. The number of methoxy groups -OCH3 is 2. The summed E-state index contributed by atoms with van der Waals surface area (Å²) in [5.74, 6) is -6.60. The third kappa shape index (κ3) is 3.74. The molecule has 188 valence electrons. The molecule has 3 N–H and O–H groups in total. The molecule has 0 unspecified atom stereocenters. The van der Waals surface area contributed by atoms with Crippen molar-refractivity contribution >= 4 is 16.9 Å². The van der Waals surface area contributed by atoms with Crippen LogP contribution in [0.25, 0.3) is 11.0 Å². The van der Waals surface area contributed by atoms with Crippen LogP contribution < -0.4 is 15.2 Å². The molecule has 0 spiro atoms. The maximum absolute atomic E-state index is 14.5. The third-order valence-electron chi connectivity index (χ3n) is 6.49. The number of ether oxygens (including phenoxy) is 3. The van der Waals surface area contributed by atoms with Crippen LogP contribution in [0.4, 0.5) is 22.0 Å². The number of nitrogens with two attached hydrogens (primary N) is 1. The van der Waals surface area contributed by atoms with Gasteiger partial charge in [0, 0.05) is 23.5 Å². The number of hydrogen-bond acceptors (Lipinski definition) is 6. The maximum atomic E-state index is 14.5. The van der Waals surface area contributed by atoms with Gasteiger partial charge in [-0.25, -0.2) is 14.4 Å². The Kier molecular flexibility index (Phi) is 5.86. The van der Waals surface area contributed by atoms with Crippen molar-refractivity contribution < 1.29 is 41.0 Å². The number of hydrogen-bond donors (Lipinski definition) is 2. The number of pyridine rings is 1. The van der Waals surface area contributed by atoms with Crippen LogP contribution in [0.3, 0.4) is 0 Å². The van der Waals surface area contributed by atoms with E-state index in [2.05, 4.69) is 15.0 Å². The number of carbonyl (C=O) groups is 1. The van der Waals surface area contributed by atoms with Gasteiger partial charge >= 0.3 is 6.18 Å². The molecule has 1 aliphatic heterocycles. The Balaban J connectivity index is 1.96. The predicted octanol–water partition coefficient (Wildman–Crippen LogP) is 4.16. The molecular weight excluding hydrogens is 479 g/mol. The Labute approximate surface area is 195 Å². The van der Waals surface area contributed by atoms with E-state index >= 15 is 0 Å². The van der Waals surface area contributed by atoms with Crippen molar-refractivity contribution in [2.45, 2.75) is 37.6 Å². The number of H-pyrrole nitrogens is 1. The first kappa shape index (κ1) is 24.6. The van der Waals surface area contributed by atoms with Gasteiger partial charge in [0.15, 0.2) is 22.9 Å². The number of imidazole rings is 1. The van der Waals surface area contributed by atoms with Crippen molar-refractivity contribution in [3.05, 3.63) is 46.9 Å². The van der Waals surface area contributed by atoms with Gasteiger partial charge in [-0.05, 0) is 13.0 Å². The zero-order valence-corrected chi connectivity index (χ0v) is 19.0. The van der Waals surface area contributed by atoms with E-state index in [9.17, 15) is 26.7 Å². The summed E-state index contributed by atoms with van der Waals surface area (Å²) in [6, 6.07) is 3.34. The second-order valence-corrected chi connectivity index (χ2v) is 8.34. The van der Waals surface area contributed by atoms with Gasteiger partial charge < -0.3 is 24.9 Å². The number of carbonyl (C=O) groups excluding carboxylic acids is 1. The first-order valence-corrected chi connectivity index (χ1v) is 10.3. The molecule has 0 saturated carbocycles. The van der Waals surface area contributed by atoms with Crippen LogP contribution in [-0.4, -0.2) is 46.9 Å². The Morgan fingerprint density at radius 2 is 1.89 bits per heavy atom. The zero-order chi connectivity index (χ0) is 25.9. The molecule has 35 heavy (non-hydrogen) atoms. The summed E-state index contributed by atoms with van der Waals surface area (Å²) in [4.78, 5) is 23.0. The minimum absolute atomic E-state index is 0.0128. The second kappa shape index (κ2) is 8.33. The molecule has 0 radical (unpaired) electrons. The Morgan fingerprint density at radius 3 is 2.46 bits per heavy atom. The number of aromatic nitrogens is 3. The first-order valence-electron chi connectivity index (χ1n) is 10.3. The van der Waals surface area contributed by atoms with Crippen LogP contribution in [0.1, 0.15) is 47.7 Å². The molecule has 1 fully saturated rings. The standard InChI is InChI=1S/C22H21F5N4O4/c1-8-13(9-5-6-10(23)14(24)17(9)34-4)18(35-21(8,2)22(25,26)27)20-29-11-7-12(33-3)30-16(19(28)32)15(11)31-20/h5-8,13,18H,1-4H3,(H2,28,32)(H,29,31)/t8-,13-,18+,21+/m0/s1. The summed E-state index contributed by atoms with van der Waals surface area (Å²) in [5, 5.41) is 0. The van der Waals surface area contributed by atoms with Gasteiger partial charge in [0.05, 0.1) is 19.7 Å². The number of fused-ring (bicyclic) bond motifs is 1. The van der Waals surface area contributed by atoms with Crippen molar-refractivity contribution in [1.29, 1.82) is 0 Å². The smallest absolute Gasteiger partial charge is 0.417 e. The largest absolute Gasteiger partial charge is 0.493 e. The third-order valence-corrected chi connectivity index (χ3v) is 6.49. The number of aromatic amines is 1. The highest BCUT2D eigenvalue weighted by Crippen LogP contribution is 2.59. The number of alkyl halides is 3. The summed E-state index contributed by atoms with van der Waals surface area (Å²) >= 11 is 0. The average molecular weight is 500 g/mol. The van der Waals surface area contributed by atoms with E-state index < -0.39 is 53.0 Å². The summed E-state index contributed by atoms with van der Waals surface area (Å²) in [5.41, 5.74) is 2.59. The highest BCUT2D eigenvalue weighted by molar-refractivity contribution is 6.02. The molecule has 0 aliphatic carbocycles. The Bertz CT molecular complexity index is 1310. The van der Waals surface area contributed by atoms with Crippen LogP contribution >= 0.6 is 0 Å². The van der Waals surface area contributed by atoms with Crippen LogP contribution in [0, 0.1) is 17.6 Å². The summed E-state index contributed by atoms with van der Waals surface area (Å²) in [6.45, 7) is 2.17. The number of amides is 1. The van der Waals surface area contributed by atoms with E-state index in [1.54, 1.807) is 0 Å². The van der Waals surface area contributed by atoms with Gasteiger partial charge in [0.2, 0.25) is 11.7 Å². The van der Waals surface area contributed by atoms with Gasteiger partial charge in [-0.15, -0.1) is 0 Å². The Morgan fingerprint density at radius 1 is 1.20 bits per heavy atom. The van der Waals surface area contributed by atoms with Crippen molar-refractivity contribution in [3.63, 3.8) is 0 Å². The van der Waals surface area contributed by atoms with Crippen molar-refractivity contribution in [1.82, 2.24) is 15.0 Å². The predicted molar refractivity (Wildman–Crippen MR) is 112 cm³/mol. The molecule has 2 aromatic heterocycles. The molecule has 4 atom stereocenters. The van der Waals surface area contributed by atoms with Crippen LogP contribution in [0.15, 0.2) is 18.2 Å². The number of halogens is 5. The lowest BCUT2D eigenvalue weighted by molar-refractivity contribution is -0.275. The normalized spacial score (nSPS) is 24.7. The topological polar surface area (TPSA) is 112 Å². The molecule has 4 rings (SSSR count). The number of benzene rings is 1. The molecule has 1 aliphatic rings. The highest BCUT2D eigenvalue weighted by atomic mass is 19.4. The molecule has 1 amide bonds. The lowest BCUT2D eigenvalue weighted by Crippen LogP contribution is -2.46. The van der Waals surface area contributed by atoms with Gasteiger partial charge in [0.1, 0.15) is 17.4 Å². The number of rotatable bonds is 5. The van der Waals surface area contributed by atoms with Crippen molar-refractivity contribution in [2.24, 2.45) is 11.7 Å². The molecule has 3 heterocycles. The van der Waals surface area contributed by atoms with Crippen LogP contribution in [-0.2, 0) is 4.74 Å². The lowest BCUT2D eigenvalue weighted by atomic mass is 9.77. The summed E-state index contributed by atoms with van der Waals surface area (Å²) in [6.07, 6.45) is -6.24. The van der Waals surface area contributed by atoms with Crippen LogP contribution in [0.2, 0.25) is 0 Å². The van der Waals surface area contributed by atoms with Gasteiger partial charge in [-0.2, -0.15) is 17.6 Å². The van der Waals surface area contributed by atoms with Gasteiger partial charge in [0.25, 0.3) is 5.91 Å². The fourth-order valence-electron chi connectivity index (χ4n) is 4.47. The van der Waals surface area contributed by atoms with Gasteiger partial charge in [-0.3, -0.25) is 4.79 Å². The molecule has 8 nitrogen and oxygen atoms in total. The minimum atomic E-state index is -4.82. The maximum Gasteiger partial charge on any atom is 0.417 e. The van der Waals surface area contributed by atoms with E-state index in [0.717, 1.165) is 26.2 Å². The number of primary amides is 1. The fraction of sp³-hybridized carbons (Fsp3) is 0.409. The molecule has 0 bridgehead atoms. The van der Waals surface area contributed by atoms with E-state index in [0.29, 0.717) is 0 Å². The molecular formula is C22H21F5N4O4. The van der Waals surface area contributed by atoms with E-state index in [1.165, 1.54) is 20.1 Å². The lowest BCUT2D eigenvalue weighted by Gasteiger charge is -2.32. The van der Waals surface area contributed by atoms with Crippen LogP contribution in [0.5, 0.6) is 11.6 Å². The SMILES string of the molecule is COc1cc2[nH]c([C@@H]3O[C@@](C)(C(F)(F)F)[C@@H](C)[C@H]3c3ccc(F)c(F)c3OC)nc2c(C(N)=O)n1. The monoisotopic (exact) mass is 500 g/mol. The molecule has 13 heteroatoms.